The van der Waals surface area contributed by atoms with Crippen LogP contribution in [-0.2, 0) is 0 Å². The highest BCUT2D eigenvalue weighted by Gasteiger charge is 2.17. The third-order valence-corrected chi connectivity index (χ3v) is 3.56. The first-order chi connectivity index (χ1) is 10.5. The highest BCUT2D eigenvalue weighted by molar-refractivity contribution is 6.30. The Morgan fingerprint density at radius 2 is 2.18 bits per heavy atom. The number of carbonyl (C=O) groups is 1. The number of halogens is 1. The molecule has 6 nitrogen and oxygen atoms in total. The van der Waals surface area contributed by atoms with E-state index >= 15 is 0 Å². The zero-order valence-corrected chi connectivity index (χ0v) is 12.9. The van der Waals surface area contributed by atoms with Gasteiger partial charge in [0.2, 0.25) is 5.82 Å². The smallest absolute Gasteiger partial charge is 0.291 e. The molecule has 2 heterocycles. The van der Waals surface area contributed by atoms with Crippen molar-refractivity contribution >= 4 is 23.3 Å². The van der Waals surface area contributed by atoms with E-state index < -0.39 is 0 Å². The number of hydrogen-bond donors (Lipinski definition) is 1. The standard InChI is InChI=1S/C15H14ClN5O/c1-9-6-7-17-15-19-13(20-21(9)15)14(22)18-10(2)11-4-3-5-12(16)8-11/h3-8,10H,1-2H3,(H,18,22). The van der Waals surface area contributed by atoms with Crippen LogP contribution in [-0.4, -0.2) is 25.5 Å². The highest BCUT2D eigenvalue weighted by Crippen LogP contribution is 2.17. The van der Waals surface area contributed by atoms with E-state index in [4.69, 9.17) is 11.6 Å². The zero-order valence-electron chi connectivity index (χ0n) is 12.1. The van der Waals surface area contributed by atoms with Gasteiger partial charge in [0.25, 0.3) is 11.7 Å². The van der Waals surface area contributed by atoms with Gasteiger partial charge in [0, 0.05) is 16.9 Å². The fraction of sp³-hybridized carbons (Fsp3) is 0.200. The second-order valence-corrected chi connectivity index (χ2v) is 5.42. The van der Waals surface area contributed by atoms with Gasteiger partial charge >= 0.3 is 0 Å². The van der Waals surface area contributed by atoms with Crippen LogP contribution >= 0.6 is 11.6 Å². The van der Waals surface area contributed by atoms with Crippen molar-refractivity contribution < 1.29 is 4.79 Å². The molecule has 0 radical (unpaired) electrons. The molecule has 1 unspecified atom stereocenters. The Labute approximate surface area is 132 Å². The lowest BCUT2D eigenvalue weighted by atomic mass is 10.1. The van der Waals surface area contributed by atoms with Crippen LogP contribution in [0.5, 0.6) is 0 Å². The van der Waals surface area contributed by atoms with Gasteiger partial charge in [-0.2, -0.15) is 4.98 Å². The molecule has 0 bridgehead atoms. The molecule has 1 N–H and O–H groups in total. The van der Waals surface area contributed by atoms with Crippen LogP contribution < -0.4 is 5.32 Å². The Hall–Kier alpha value is -2.47. The van der Waals surface area contributed by atoms with Crippen molar-refractivity contribution in [2.24, 2.45) is 0 Å². The summed E-state index contributed by atoms with van der Waals surface area (Å²) < 4.78 is 1.54. The zero-order chi connectivity index (χ0) is 15.7. The normalized spacial score (nSPS) is 12.3. The Morgan fingerprint density at radius 3 is 2.91 bits per heavy atom. The molecule has 0 spiro atoms. The molecule has 1 amide bonds. The van der Waals surface area contributed by atoms with Gasteiger partial charge in [-0.15, -0.1) is 5.10 Å². The lowest BCUT2D eigenvalue weighted by molar-refractivity contribution is 0.0929. The summed E-state index contributed by atoms with van der Waals surface area (Å²) >= 11 is 5.96. The molecule has 0 aliphatic carbocycles. The van der Waals surface area contributed by atoms with Crippen LogP contribution in [0.15, 0.2) is 36.5 Å². The third kappa shape index (κ3) is 2.78. The second-order valence-electron chi connectivity index (χ2n) is 4.98. The summed E-state index contributed by atoms with van der Waals surface area (Å²) in [5.41, 5.74) is 1.78. The molecule has 3 aromatic rings. The van der Waals surface area contributed by atoms with Gasteiger partial charge in [0.1, 0.15) is 0 Å². The predicted molar refractivity (Wildman–Crippen MR) is 82.9 cm³/mol. The highest BCUT2D eigenvalue weighted by atomic mass is 35.5. The van der Waals surface area contributed by atoms with Crippen molar-refractivity contribution in [3.63, 3.8) is 0 Å². The SMILES string of the molecule is Cc1ccnc2nc(C(=O)NC(C)c3cccc(Cl)c3)nn12. The van der Waals surface area contributed by atoms with Crippen molar-refractivity contribution in [1.29, 1.82) is 0 Å². The van der Waals surface area contributed by atoms with Gasteiger partial charge in [-0.05, 0) is 37.6 Å². The second kappa shape index (κ2) is 5.73. The van der Waals surface area contributed by atoms with Gasteiger partial charge < -0.3 is 5.32 Å². The quantitative estimate of drug-likeness (QED) is 0.806. The summed E-state index contributed by atoms with van der Waals surface area (Å²) in [6.45, 7) is 3.75. The summed E-state index contributed by atoms with van der Waals surface area (Å²) in [6, 6.07) is 8.95. The lowest BCUT2D eigenvalue weighted by Crippen LogP contribution is -2.27. The maximum Gasteiger partial charge on any atom is 0.291 e. The molecule has 0 aliphatic rings. The van der Waals surface area contributed by atoms with E-state index in [1.165, 1.54) is 0 Å². The summed E-state index contributed by atoms with van der Waals surface area (Å²) in [7, 11) is 0. The molecule has 0 aliphatic heterocycles. The van der Waals surface area contributed by atoms with Gasteiger partial charge in [-0.3, -0.25) is 4.79 Å². The number of rotatable bonds is 3. The molecular formula is C15H14ClN5O. The Balaban J connectivity index is 1.82. The Bertz CT molecular complexity index is 845. The van der Waals surface area contributed by atoms with Crippen molar-refractivity contribution in [1.82, 2.24) is 24.9 Å². The van der Waals surface area contributed by atoms with E-state index in [9.17, 15) is 4.79 Å². The summed E-state index contributed by atoms with van der Waals surface area (Å²) in [5.74, 6) is 0.147. The number of fused-ring (bicyclic) bond motifs is 1. The summed E-state index contributed by atoms with van der Waals surface area (Å²) in [5, 5.41) is 7.67. The van der Waals surface area contributed by atoms with Crippen LogP contribution in [0.2, 0.25) is 5.02 Å². The van der Waals surface area contributed by atoms with Crippen LogP contribution in [0.4, 0.5) is 0 Å². The van der Waals surface area contributed by atoms with E-state index in [0.29, 0.717) is 10.8 Å². The molecule has 1 atom stereocenters. The van der Waals surface area contributed by atoms with Gasteiger partial charge in [0.05, 0.1) is 6.04 Å². The van der Waals surface area contributed by atoms with E-state index in [0.717, 1.165) is 11.3 Å². The molecular weight excluding hydrogens is 302 g/mol. The number of aryl methyl sites for hydroxylation is 1. The van der Waals surface area contributed by atoms with Crippen LogP contribution in [0, 0.1) is 6.92 Å². The molecule has 0 saturated heterocycles. The Kier molecular flexibility index (Phi) is 3.77. The van der Waals surface area contributed by atoms with Crippen LogP contribution in [0.3, 0.4) is 0 Å². The molecule has 1 aromatic carbocycles. The van der Waals surface area contributed by atoms with Gasteiger partial charge in [-0.25, -0.2) is 9.50 Å². The van der Waals surface area contributed by atoms with E-state index in [1.54, 1.807) is 22.8 Å². The first-order valence-corrected chi connectivity index (χ1v) is 7.17. The minimum atomic E-state index is -0.350. The summed E-state index contributed by atoms with van der Waals surface area (Å²) in [4.78, 5) is 20.5. The molecule has 3 rings (SSSR count). The molecule has 22 heavy (non-hydrogen) atoms. The molecule has 0 fully saturated rings. The predicted octanol–water partition coefficient (Wildman–Crippen LogP) is 2.58. The number of carbonyl (C=O) groups excluding carboxylic acids is 1. The first-order valence-electron chi connectivity index (χ1n) is 6.79. The number of benzene rings is 1. The fourth-order valence-electron chi connectivity index (χ4n) is 2.12. The largest absolute Gasteiger partial charge is 0.343 e. The molecule has 2 aromatic heterocycles. The van der Waals surface area contributed by atoms with E-state index in [2.05, 4.69) is 20.4 Å². The third-order valence-electron chi connectivity index (χ3n) is 3.33. The first kappa shape index (κ1) is 14.5. The minimum Gasteiger partial charge on any atom is -0.343 e. The van der Waals surface area contributed by atoms with E-state index in [-0.39, 0.29) is 17.8 Å². The number of nitrogens with zero attached hydrogens (tertiary/aromatic N) is 4. The monoisotopic (exact) mass is 315 g/mol. The maximum atomic E-state index is 12.3. The average Bonchev–Trinajstić information content (AvgIpc) is 2.93. The molecule has 0 saturated carbocycles. The minimum absolute atomic E-state index is 0.0932. The van der Waals surface area contributed by atoms with Crippen LogP contribution in [0.25, 0.3) is 5.78 Å². The van der Waals surface area contributed by atoms with Crippen molar-refractivity contribution in [3.8, 4) is 0 Å². The van der Waals surface area contributed by atoms with Gasteiger partial charge in [-0.1, -0.05) is 23.7 Å². The number of nitrogens with one attached hydrogen (secondary N) is 1. The van der Waals surface area contributed by atoms with Crippen LogP contribution in [0.1, 0.15) is 34.8 Å². The summed E-state index contributed by atoms with van der Waals surface area (Å²) in [6.07, 6.45) is 1.63. The van der Waals surface area contributed by atoms with Gasteiger partial charge in [0.15, 0.2) is 0 Å². The van der Waals surface area contributed by atoms with E-state index in [1.807, 2.05) is 32.0 Å². The number of aromatic nitrogens is 4. The van der Waals surface area contributed by atoms with Crippen molar-refractivity contribution in [2.75, 3.05) is 0 Å². The number of amides is 1. The topological polar surface area (TPSA) is 72.2 Å². The van der Waals surface area contributed by atoms with Crippen molar-refractivity contribution in [3.05, 3.63) is 58.6 Å². The molecule has 7 heteroatoms. The van der Waals surface area contributed by atoms with Crippen molar-refractivity contribution in [2.45, 2.75) is 19.9 Å². The average molecular weight is 316 g/mol. The molecule has 112 valence electrons. The maximum absolute atomic E-state index is 12.3. The Morgan fingerprint density at radius 1 is 1.36 bits per heavy atom. The number of hydrogen-bond acceptors (Lipinski definition) is 4. The lowest BCUT2D eigenvalue weighted by Gasteiger charge is -2.13. The fourth-order valence-corrected chi connectivity index (χ4v) is 2.32.